The van der Waals surface area contributed by atoms with Gasteiger partial charge in [-0.05, 0) is 37.8 Å². The Morgan fingerprint density at radius 1 is 1.39 bits per heavy atom. The van der Waals surface area contributed by atoms with Crippen LogP contribution in [0.5, 0.6) is 5.75 Å². The van der Waals surface area contributed by atoms with Crippen molar-refractivity contribution in [2.24, 2.45) is 5.92 Å². The molecule has 18 heavy (non-hydrogen) atoms. The summed E-state index contributed by atoms with van der Waals surface area (Å²) in [5.74, 6) is 1.71. The highest BCUT2D eigenvalue weighted by Gasteiger charge is 2.32. The van der Waals surface area contributed by atoms with E-state index in [-0.39, 0.29) is 5.91 Å². The van der Waals surface area contributed by atoms with Crippen molar-refractivity contribution in [1.29, 1.82) is 0 Å². The number of carbonyl (C=O) groups excluding carboxylic acids is 1. The van der Waals surface area contributed by atoms with Crippen LogP contribution in [0, 0.1) is 5.92 Å². The predicted octanol–water partition coefficient (Wildman–Crippen LogP) is 2.71. The number of para-hydroxylation sites is 1. The Morgan fingerprint density at radius 2 is 2.06 bits per heavy atom. The number of nitrogens with zero attached hydrogens (tertiary/aromatic N) is 1. The molecular formula is C15H21NO2. The standard InChI is InChI=1S/C15H21NO2/c1-12(13-8-9-13)16(2)15(17)10-11-18-14-6-4-3-5-7-14/h3-7,12-13H,8-11H2,1-2H3/t12-/m1/s1. The van der Waals surface area contributed by atoms with Gasteiger partial charge in [0, 0.05) is 13.1 Å². The van der Waals surface area contributed by atoms with Crippen LogP contribution >= 0.6 is 0 Å². The molecule has 1 aliphatic rings. The van der Waals surface area contributed by atoms with E-state index in [1.54, 1.807) is 0 Å². The summed E-state index contributed by atoms with van der Waals surface area (Å²) < 4.78 is 5.54. The third-order valence-electron chi connectivity index (χ3n) is 3.64. The Bertz CT molecular complexity index is 387. The Kier molecular flexibility index (Phi) is 4.24. The van der Waals surface area contributed by atoms with Gasteiger partial charge in [0.2, 0.25) is 5.91 Å². The fourth-order valence-electron chi connectivity index (χ4n) is 2.07. The third kappa shape index (κ3) is 3.49. The van der Waals surface area contributed by atoms with Crippen molar-refractivity contribution in [3.05, 3.63) is 30.3 Å². The summed E-state index contributed by atoms with van der Waals surface area (Å²) >= 11 is 0. The van der Waals surface area contributed by atoms with Gasteiger partial charge in [0.25, 0.3) is 0 Å². The highest BCUT2D eigenvalue weighted by atomic mass is 16.5. The lowest BCUT2D eigenvalue weighted by Crippen LogP contribution is -2.37. The molecule has 1 saturated carbocycles. The number of ether oxygens (including phenoxy) is 1. The number of benzene rings is 1. The monoisotopic (exact) mass is 247 g/mol. The largest absolute Gasteiger partial charge is 0.493 e. The molecular weight excluding hydrogens is 226 g/mol. The lowest BCUT2D eigenvalue weighted by atomic mass is 10.2. The van der Waals surface area contributed by atoms with Gasteiger partial charge in [0.05, 0.1) is 13.0 Å². The molecule has 1 fully saturated rings. The molecule has 0 saturated heterocycles. The second kappa shape index (κ2) is 5.89. The minimum Gasteiger partial charge on any atom is -0.493 e. The van der Waals surface area contributed by atoms with Crippen molar-refractivity contribution in [2.75, 3.05) is 13.7 Å². The van der Waals surface area contributed by atoms with Crippen LogP contribution in [0.15, 0.2) is 30.3 Å². The zero-order valence-corrected chi connectivity index (χ0v) is 11.1. The van der Waals surface area contributed by atoms with Gasteiger partial charge in [-0.25, -0.2) is 0 Å². The molecule has 0 aliphatic heterocycles. The van der Waals surface area contributed by atoms with Gasteiger partial charge >= 0.3 is 0 Å². The number of hydrogen-bond donors (Lipinski definition) is 0. The molecule has 0 aromatic heterocycles. The highest BCUT2D eigenvalue weighted by molar-refractivity contribution is 5.76. The maximum absolute atomic E-state index is 12.0. The molecule has 0 bridgehead atoms. The Balaban J connectivity index is 1.71. The molecule has 0 unspecified atom stereocenters. The molecule has 2 rings (SSSR count). The van der Waals surface area contributed by atoms with Gasteiger partial charge in [-0.2, -0.15) is 0 Å². The van der Waals surface area contributed by atoms with Gasteiger partial charge in [-0.15, -0.1) is 0 Å². The van der Waals surface area contributed by atoms with Gasteiger partial charge in [0.1, 0.15) is 5.75 Å². The number of hydrogen-bond acceptors (Lipinski definition) is 2. The first-order chi connectivity index (χ1) is 8.68. The van der Waals surface area contributed by atoms with E-state index in [2.05, 4.69) is 6.92 Å². The summed E-state index contributed by atoms with van der Waals surface area (Å²) in [4.78, 5) is 13.8. The van der Waals surface area contributed by atoms with E-state index in [1.165, 1.54) is 12.8 Å². The number of rotatable bonds is 6. The van der Waals surface area contributed by atoms with Gasteiger partial charge in [0.15, 0.2) is 0 Å². The van der Waals surface area contributed by atoms with Crippen molar-refractivity contribution in [1.82, 2.24) is 4.90 Å². The molecule has 1 atom stereocenters. The average molecular weight is 247 g/mol. The molecule has 3 heteroatoms. The van der Waals surface area contributed by atoms with Gasteiger partial charge < -0.3 is 9.64 Å². The van der Waals surface area contributed by atoms with Crippen molar-refractivity contribution in [3.63, 3.8) is 0 Å². The summed E-state index contributed by atoms with van der Waals surface area (Å²) in [5.41, 5.74) is 0. The summed E-state index contributed by atoms with van der Waals surface area (Å²) in [6.45, 7) is 2.58. The van der Waals surface area contributed by atoms with E-state index in [1.807, 2.05) is 42.3 Å². The minimum atomic E-state index is 0.172. The third-order valence-corrected chi connectivity index (χ3v) is 3.64. The SMILES string of the molecule is C[C@H](C1CC1)N(C)C(=O)CCOc1ccccc1. The van der Waals surface area contributed by atoms with Crippen LogP contribution in [0.4, 0.5) is 0 Å². The fraction of sp³-hybridized carbons (Fsp3) is 0.533. The second-order valence-electron chi connectivity index (χ2n) is 4.99. The molecule has 0 radical (unpaired) electrons. The summed E-state index contributed by atoms with van der Waals surface area (Å²) in [6, 6.07) is 9.98. The van der Waals surface area contributed by atoms with E-state index in [9.17, 15) is 4.79 Å². The van der Waals surface area contributed by atoms with E-state index in [0.717, 1.165) is 5.75 Å². The maximum Gasteiger partial charge on any atom is 0.225 e. The predicted molar refractivity (Wildman–Crippen MR) is 71.5 cm³/mol. The van der Waals surface area contributed by atoms with Crippen LogP contribution < -0.4 is 4.74 Å². The highest BCUT2D eigenvalue weighted by Crippen LogP contribution is 2.34. The lowest BCUT2D eigenvalue weighted by molar-refractivity contribution is -0.132. The summed E-state index contributed by atoms with van der Waals surface area (Å²) in [7, 11) is 1.90. The quantitative estimate of drug-likeness (QED) is 0.773. The second-order valence-corrected chi connectivity index (χ2v) is 4.99. The van der Waals surface area contributed by atoms with Crippen LogP contribution in [-0.4, -0.2) is 30.5 Å². The zero-order chi connectivity index (χ0) is 13.0. The van der Waals surface area contributed by atoms with Crippen LogP contribution in [0.1, 0.15) is 26.2 Å². The first-order valence-electron chi connectivity index (χ1n) is 6.62. The molecule has 1 aromatic carbocycles. The molecule has 0 spiro atoms. The molecule has 3 nitrogen and oxygen atoms in total. The topological polar surface area (TPSA) is 29.5 Å². The molecule has 98 valence electrons. The van der Waals surface area contributed by atoms with Crippen LogP contribution in [0.2, 0.25) is 0 Å². The smallest absolute Gasteiger partial charge is 0.225 e. The Hall–Kier alpha value is -1.51. The normalized spacial score (nSPS) is 16.1. The summed E-state index contributed by atoms with van der Waals surface area (Å²) in [6.07, 6.45) is 2.97. The van der Waals surface area contributed by atoms with Crippen molar-refractivity contribution >= 4 is 5.91 Å². The maximum atomic E-state index is 12.0. The average Bonchev–Trinajstić information content (AvgIpc) is 3.22. The van der Waals surface area contributed by atoms with E-state index >= 15 is 0 Å². The van der Waals surface area contributed by atoms with Gasteiger partial charge in [-0.1, -0.05) is 18.2 Å². The molecule has 0 heterocycles. The fourth-order valence-corrected chi connectivity index (χ4v) is 2.07. The van der Waals surface area contributed by atoms with Gasteiger partial charge in [-0.3, -0.25) is 4.79 Å². The van der Waals surface area contributed by atoms with Crippen molar-refractivity contribution in [2.45, 2.75) is 32.2 Å². The Morgan fingerprint density at radius 3 is 2.67 bits per heavy atom. The number of amides is 1. The van der Waals surface area contributed by atoms with E-state index < -0.39 is 0 Å². The van der Waals surface area contributed by atoms with Crippen LogP contribution in [0.3, 0.4) is 0 Å². The van der Waals surface area contributed by atoms with Crippen molar-refractivity contribution < 1.29 is 9.53 Å². The van der Waals surface area contributed by atoms with Crippen LogP contribution in [-0.2, 0) is 4.79 Å². The molecule has 1 amide bonds. The zero-order valence-electron chi connectivity index (χ0n) is 11.1. The Labute approximate surface area is 109 Å². The van der Waals surface area contributed by atoms with Crippen molar-refractivity contribution in [3.8, 4) is 5.75 Å². The number of carbonyl (C=O) groups is 1. The first-order valence-corrected chi connectivity index (χ1v) is 6.62. The first kappa shape index (κ1) is 12.9. The minimum absolute atomic E-state index is 0.172. The van der Waals surface area contributed by atoms with Crippen LogP contribution in [0.25, 0.3) is 0 Å². The molecule has 0 N–H and O–H groups in total. The van der Waals surface area contributed by atoms with E-state index in [0.29, 0.717) is 25.0 Å². The molecule has 1 aliphatic carbocycles. The summed E-state index contributed by atoms with van der Waals surface area (Å²) in [5, 5.41) is 0. The van der Waals surface area contributed by atoms with E-state index in [4.69, 9.17) is 4.74 Å². The lowest BCUT2D eigenvalue weighted by Gasteiger charge is -2.24. The molecule has 1 aromatic rings.